The van der Waals surface area contributed by atoms with Crippen LogP contribution in [0.2, 0.25) is 0 Å². The van der Waals surface area contributed by atoms with Gasteiger partial charge in [0, 0.05) is 6.54 Å². The van der Waals surface area contributed by atoms with Crippen LogP contribution in [0.4, 0.5) is 0 Å². The maximum atomic E-state index is 12.4. The molecule has 2 N–H and O–H groups in total. The first-order chi connectivity index (χ1) is 10.3. The molecule has 3 heteroatoms. The number of hydrogen-bond donors (Lipinski definition) is 2. The first-order valence-electron chi connectivity index (χ1n) is 8.34. The molecular weight excluding hydrogens is 260 g/mol. The molecule has 116 valence electrons. The molecule has 0 bridgehead atoms. The lowest BCUT2D eigenvalue weighted by Crippen LogP contribution is -2.34. The summed E-state index contributed by atoms with van der Waals surface area (Å²) in [6, 6.07) is 10.1. The molecule has 1 aromatic carbocycles. The Hall–Kier alpha value is -1.35. The third kappa shape index (κ3) is 5.16. The highest BCUT2D eigenvalue weighted by Gasteiger charge is 2.19. The predicted octanol–water partition coefficient (Wildman–Crippen LogP) is 3.08. The molecule has 21 heavy (non-hydrogen) atoms. The van der Waals surface area contributed by atoms with E-state index < -0.39 is 0 Å². The largest absolute Gasteiger partial charge is 0.356 e. The van der Waals surface area contributed by atoms with Crippen molar-refractivity contribution in [2.45, 2.75) is 44.9 Å². The molecule has 2 rings (SSSR count). The number of benzene rings is 1. The van der Waals surface area contributed by atoms with E-state index in [-0.39, 0.29) is 11.8 Å². The van der Waals surface area contributed by atoms with Gasteiger partial charge in [-0.2, -0.15) is 0 Å². The van der Waals surface area contributed by atoms with Gasteiger partial charge in [0.25, 0.3) is 0 Å². The molecule has 1 aliphatic heterocycles. The van der Waals surface area contributed by atoms with Crippen molar-refractivity contribution in [1.82, 2.24) is 10.6 Å². The van der Waals surface area contributed by atoms with E-state index in [1.165, 1.54) is 12.8 Å². The zero-order chi connectivity index (χ0) is 14.9. The number of piperidine rings is 1. The zero-order valence-corrected chi connectivity index (χ0v) is 13.1. The zero-order valence-electron chi connectivity index (χ0n) is 13.1. The molecule has 1 aliphatic rings. The van der Waals surface area contributed by atoms with Gasteiger partial charge in [0.2, 0.25) is 5.91 Å². The second kappa shape index (κ2) is 8.83. The lowest BCUT2D eigenvalue weighted by Gasteiger charge is -2.23. The number of carbonyl (C=O) groups excluding carboxylic acids is 1. The minimum atomic E-state index is 0.000630. The van der Waals surface area contributed by atoms with Crippen LogP contribution in [0, 0.1) is 5.92 Å². The fourth-order valence-electron chi connectivity index (χ4n) is 3.12. The van der Waals surface area contributed by atoms with E-state index in [1.807, 2.05) is 18.2 Å². The summed E-state index contributed by atoms with van der Waals surface area (Å²) in [4.78, 5) is 12.4. The number of carbonyl (C=O) groups is 1. The molecule has 1 fully saturated rings. The first kappa shape index (κ1) is 16.0. The highest BCUT2D eigenvalue weighted by molar-refractivity contribution is 5.83. The second-order valence-electron chi connectivity index (χ2n) is 6.04. The van der Waals surface area contributed by atoms with Crippen LogP contribution in [-0.4, -0.2) is 25.5 Å². The van der Waals surface area contributed by atoms with Crippen molar-refractivity contribution in [3.8, 4) is 0 Å². The minimum absolute atomic E-state index is 0.000630. The van der Waals surface area contributed by atoms with Gasteiger partial charge in [-0.1, -0.05) is 43.7 Å². The molecule has 0 aromatic heterocycles. The number of nitrogens with one attached hydrogen (secondary N) is 2. The molecule has 1 heterocycles. The lowest BCUT2D eigenvalue weighted by atomic mass is 9.93. The van der Waals surface area contributed by atoms with Gasteiger partial charge < -0.3 is 10.6 Å². The Morgan fingerprint density at radius 1 is 1.38 bits per heavy atom. The normalized spacial score (nSPS) is 20.0. The summed E-state index contributed by atoms with van der Waals surface area (Å²) >= 11 is 0. The van der Waals surface area contributed by atoms with Crippen molar-refractivity contribution >= 4 is 5.91 Å². The van der Waals surface area contributed by atoms with Crippen LogP contribution in [0.15, 0.2) is 30.3 Å². The molecule has 0 radical (unpaired) electrons. The SMILES string of the molecule is CCCC(C(=O)NCCC1CCCNC1)c1ccccc1. The van der Waals surface area contributed by atoms with Crippen molar-refractivity contribution in [3.05, 3.63) is 35.9 Å². The number of hydrogen-bond acceptors (Lipinski definition) is 2. The summed E-state index contributed by atoms with van der Waals surface area (Å²) < 4.78 is 0. The molecule has 0 saturated carbocycles. The van der Waals surface area contributed by atoms with Gasteiger partial charge in [-0.15, -0.1) is 0 Å². The van der Waals surface area contributed by atoms with E-state index >= 15 is 0 Å². The smallest absolute Gasteiger partial charge is 0.227 e. The van der Waals surface area contributed by atoms with Gasteiger partial charge in [0.15, 0.2) is 0 Å². The number of amides is 1. The van der Waals surface area contributed by atoms with Gasteiger partial charge in [-0.05, 0) is 50.3 Å². The highest BCUT2D eigenvalue weighted by atomic mass is 16.1. The van der Waals surface area contributed by atoms with Crippen LogP contribution in [0.1, 0.15) is 50.5 Å². The predicted molar refractivity (Wildman–Crippen MR) is 87.3 cm³/mol. The second-order valence-corrected chi connectivity index (χ2v) is 6.04. The average molecular weight is 288 g/mol. The summed E-state index contributed by atoms with van der Waals surface area (Å²) in [5, 5.41) is 6.58. The van der Waals surface area contributed by atoms with E-state index in [0.717, 1.165) is 50.4 Å². The Kier molecular flexibility index (Phi) is 6.74. The topological polar surface area (TPSA) is 41.1 Å². The summed E-state index contributed by atoms with van der Waals surface area (Å²) in [6.45, 7) is 5.19. The van der Waals surface area contributed by atoms with Crippen LogP contribution in [-0.2, 0) is 4.79 Å². The van der Waals surface area contributed by atoms with Crippen molar-refractivity contribution in [2.75, 3.05) is 19.6 Å². The standard InChI is InChI=1S/C18H28N2O/c1-2-7-17(16-9-4-3-5-10-16)18(21)20-13-11-15-8-6-12-19-14-15/h3-5,9-10,15,17,19H,2,6-8,11-14H2,1H3,(H,20,21). The summed E-state index contributed by atoms with van der Waals surface area (Å²) in [6.07, 6.45) is 5.59. The van der Waals surface area contributed by atoms with E-state index in [4.69, 9.17) is 0 Å². The highest BCUT2D eigenvalue weighted by Crippen LogP contribution is 2.21. The Morgan fingerprint density at radius 2 is 2.19 bits per heavy atom. The third-order valence-electron chi connectivity index (χ3n) is 4.35. The maximum Gasteiger partial charge on any atom is 0.227 e. The molecule has 0 spiro atoms. The molecule has 1 amide bonds. The third-order valence-corrected chi connectivity index (χ3v) is 4.35. The van der Waals surface area contributed by atoms with Gasteiger partial charge in [-0.25, -0.2) is 0 Å². The average Bonchev–Trinajstić information content (AvgIpc) is 2.54. The molecule has 2 unspecified atom stereocenters. The lowest BCUT2D eigenvalue weighted by molar-refractivity contribution is -0.122. The van der Waals surface area contributed by atoms with E-state index in [9.17, 15) is 4.79 Å². The molecule has 0 aliphatic carbocycles. The minimum Gasteiger partial charge on any atom is -0.356 e. The molecule has 2 atom stereocenters. The van der Waals surface area contributed by atoms with Crippen LogP contribution >= 0.6 is 0 Å². The Morgan fingerprint density at radius 3 is 2.86 bits per heavy atom. The Bertz CT molecular complexity index is 412. The molecule has 1 saturated heterocycles. The van der Waals surface area contributed by atoms with Gasteiger partial charge in [0.05, 0.1) is 5.92 Å². The van der Waals surface area contributed by atoms with Crippen LogP contribution < -0.4 is 10.6 Å². The van der Waals surface area contributed by atoms with Gasteiger partial charge >= 0.3 is 0 Å². The van der Waals surface area contributed by atoms with E-state index in [2.05, 4.69) is 29.7 Å². The van der Waals surface area contributed by atoms with Crippen molar-refractivity contribution in [2.24, 2.45) is 5.92 Å². The van der Waals surface area contributed by atoms with Crippen molar-refractivity contribution < 1.29 is 4.79 Å². The summed E-state index contributed by atoms with van der Waals surface area (Å²) in [5.74, 6) is 0.910. The van der Waals surface area contributed by atoms with E-state index in [0.29, 0.717) is 0 Å². The molecular formula is C18H28N2O. The fraction of sp³-hybridized carbons (Fsp3) is 0.611. The van der Waals surface area contributed by atoms with Crippen molar-refractivity contribution in [1.29, 1.82) is 0 Å². The summed E-state index contributed by atoms with van der Waals surface area (Å²) in [7, 11) is 0. The monoisotopic (exact) mass is 288 g/mol. The van der Waals surface area contributed by atoms with Crippen LogP contribution in [0.3, 0.4) is 0 Å². The van der Waals surface area contributed by atoms with Crippen LogP contribution in [0.25, 0.3) is 0 Å². The maximum absolute atomic E-state index is 12.4. The summed E-state index contributed by atoms with van der Waals surface area (Å²) in [5.41, 5.74) is 1.14. The Balaban J connectivity index is 1.81. The molecule has 3 nitrogen and oxygen atoms in total. The van der Waals surface area contributed by atoms with Gasteiger partial charge in [0.1, 0.15) is 0 Å². The first-order valence-corrected chi connectivity index (χ1v) is 8.34. The van der Waals surface area contributed by atoms with Crippen LogP contribution in [0.5, 0.6) is 0 Å². The number of rotatable bonds is 7. The Labute approximate surface area is 128 Å². The quantitative estimate of drug-likeness (QED) is 0.809. The van der Waals surface area contributed by atoms with Gasteiger partial charge in [-0.3, -0.25) is 4.79 Å². The van der Waals surface area contributed by atoms with E-state index in [1.54, 1.807) is 0 Å². The van der Waals surface area contributed by atoms with Crippen molar-refractivity contribution in [3.63, 3.8) is 0 Å². The molecule has 1 aromatic rings. The fourth-order valence-corrected chi connectivity index (χ4v) is 3.12.